The van der Waals surface area contributed by atoms with E-state index in [1.165, 1.54) is 0 Å². The number of hydrogen-bond donors (Lipinski definition) is 1. The van der Waals surface area contributed by atoms with E-state index in [-0.39, 0.29) is 12.5 Å². The van der Waals surface area contributed by atoms with Crippen LogP contribution in [0, 0.1) is 0 Å². The van der Waals surface area contributed by atoms with Gasteiger partial charge in [-0.05, 0) is 25.5 Å². The van der Waals surface area contributed by atoms with Crippen LogP contribution in [0.4, 0.5) is 0 Å². The number of nitrogens with one attached hydrogen (secondary N) is 1. The molecular formula is C13H19N3O3. The third-order valence-electron chi connectivity index (χ3n) is 2.22. The fourth-order valence-corrected chi connectivity index (χ4v) is 1.37. The number of allylic oxidation sites excluding steroid dienone is 3. The van der Waals surface area contributed by atoms with E-state index >= 15 is 0 Å². The second-order valence-corrected chi connectivity index (χ2v) is 3.78. The molecule has 6 heteroatoms. The normalized spacial score (nSPS) is 23.6. The van der Waals surface area contributed by atoms with Gasteiger partial charge in [-0.3, -0.25) is 4.99 Å². The lowest BCUT2D eigenvalue weighted by molar-refractivity contribution is -0.137. The minimum atomic E-state index is -0.607. The van der Waals surface area contributed by atoms with Gasteiger partial charge >= 0.3 is 11.9 Å². The molecule has 1 atom stereocenters. The molecule has 0 aliphatic carbocycles. The Morgan fingerprint density at radius 3 is 3.11 bits per heavy atom. The number of rotatable bonds is 3. The lowest BCUT2D eigenvalue weighted by Crippen LogP contribution is -2.27. The first-order valence-electron chi connectivity index (χ1n) is 6.12. The first-order valence-corrected chi connectivity index (χ1v) is 6.12. The van der Waals surface area contributed by atoms with Crippen molar-refractivity contribution in [1.29, 1.82) is 0 Å². The Labute approximate surface area is 112 Å². The summed E-state index contributed by atoms with van der Waals surface area (Å²) in [4.78, 5) is 15.8. The molecule has 0 aromatic rings. The molecule has 0 bridgehead atoms. The Morgan fingerprint density at radius 1 is 1.63 bits per heavy atom. The van der Waals surface area contributed by atoms with Crippen LogP contribution in [0.1, 0.15) is 20.3 Å². The molecule has 0 saturated carbocycles. The summed E-state index contributed by atoms with van der Waals surface area (Å²) in [5, 5.41) is 3.76. The first kappa shape index (κ1) is 14.9. The van der Waals surface area contributed by atoms with Crippen LogP contribution in [0.25, 0.3) is 0 Å². The van der Waals surface area contributed by atoms with Crippen LogP contribution >= 0.6 is 0 Å². The summed E-state index contributed by atoms with van der Waals surface area (Å²) >= 11 is 0. The average molecular weight is 265 g/mol. The van der Waals surface area contributed by atoms with Crippen molar-refractivity contribution < 1.29 is 14.3 Å². The molecule has 1 unspecified atom stereocenters. The molecule has 6 nitrogen and oxygen atoms in total. The van der Waals surface area contributed by atoms with Crippen molar-refractivity contribution >= 4 is 18.1 Å². The smallest absolute Gasteiger partial charge is 0.395 e. The van der Waals surface area contributed by atoms with Gasteiger partial charge in [0, 0.05) is 19.7 Å². The minimum Gasteiger partial charge on any atom is -0.459 e. The van der Waals surface area contributed by atoms with Crippen molar-refractivity contribution in [1.82, 2.24) is 5.43 Å². The largest absolute Gasteiger partial charge is 0.459 e. The van der Waals surface area contributed by atoms with E-state index in [0.29, 0.717) is 6.42 Å². The maximum atomic E-state index is 11.6. The molecule has 1 aliphatic heterocycles. The molecule has 0 spiro atoms. The van der Waals surface area contributed by atoms with Crippen LogP contribution in [0.5, 0.6) is 0 Å². The van der Waals surface area contributed by atoms with Crippen LogP contribution in [0.15, 0.2) is 33.9 Å². The highest BCUT2D eigenvalue weighted by Crippen LogP contribution is 2.08. The van der Waals surface area contributed by atoms with Crippen LogP contribution in [0.2, 0.25) is 0 Å². The SMILES string of the molecule is CCOC(=O)/C(=N/NC)OC1C/C=C/C(C)=C\C=N1. The number of hydrogen-bond acceptors (Lipinski definition) is 6. The van der Waals surface area contributed by atoms with Crippen molar-refractivity contribution in [3.05, 3.63) is 23.8 Å². The van der Waals surface area contributed by atoms with Gasteiger partial charge in [0.05, 0.1) is 6.61 Å². The molecule has 0 aromatic heterocycles. The Hall–Kier alpha value is -2.11. The summed E-state index contributed by atoms with van der Waals surface area (Å²) in [5.41, 5.74) is 3.62. The summed E-state index contributed by atoms with van der Waals surface area (Å²) in [6.07, 6.45) is 7.51. The highest BCUT2D eigenvalue weighted by Gasteiger charge is 2.19. The minimum absolute atomic E-state index is 0.124. The number of hydrazone groups is 1. The zero-order valence-corrected chi connectivity index (χ0v) is 11.4. The molecule has 0 saturated heterocycles. The predicted molar refractivity (Wildman–Crippen MR) is 74.0 cm³/mol. The van der Waals surface area contributed by atoms with Gasteiger partial charge in [-0.25, -0.2) is 4.79 Å². The second kappa shape index (κ2) is 8.07. The van der Waals surface area contributed by atoms with Gasteiger partial charge in [0.25, 0.3) is 0 Å². The van der Waals surface area contributed by atoms with Gasteiger partial charge in [-0.1, -0.05) is 12.2 Å². The fourth-order valence-electron chi connectivity index (χ4n) is 1.37. The Morgan fingerprint density at radius 2 is 2.42 bits per heavy atom. The van der Waals surface area contributed by atoms with E-state index in [1.54, 1.807) is 20.2 Å². The molecule has 0 fully saturated rings. The second-order valence-electron chi connectivity index (χ2n) is 3.78. The zero-order chi connectivity index (χ0) is 14.1. The molecule has 1 aliphatic rings. The monoisotopic (exact) mass is 265 g/mol. The summed E-state index contributed by atoms with van der Waals surface area (Å²) < 4.78 is 10.3. The Balaban J connectivity index is 2.72. The highest BCUT2D eigenvalue weighted by molar-refractivity contribution is 6.32. The maximum Gasteiger partial charge on any atom is 0.395 e. The summed E-state index contributed by atoms with van der Waals surface area (Å²) in [7, 11) is 1.58. The predicted octanol–water partition coefficient (Wildman–Crippen LogP) is 1.40. The summed E-state index contributed by atoms with van der Waals surface area (Å²) in [6.45, 7) is 3.97. The van der Waals surface area contributed by atoms with Gasteiger partial charge in [-0.15, -0.1) is 5.10 Å². The fraction of sp³-hybridized carbons (Fsp3) is 0.462. The number of carbonyl (C=O) groups excluding carboxylic acids is 1. The molecule has 104 valence electrons. The van der Waals surface area contributed by atoms with Crippen LogP contribution in [-0.2, 0) is 14.3 Å². The van der Waals surface area contributed by atoms with Gasteiger partial charge in [-0.2, -0.15) is 0 Å². The molecule has 1 N–H and O–H groups in total. The Bertz CT molecular complexity index is 425. The van der Waals surface area contributed by atoms with Crippen molar-refractivity contribution in [2.24, 2.45) is 10.1 Å². The quantitative estimate of drug-likeness (QED) is 0.362. The van der Waals surface area contributed by atoms with E-state index in [9.17, 15) is 4.79 Å². The lowest BCUT2D eigenvalue weighted by atomic mass is 10.2. The molecule has 0 radical (unpaired) electrons. The van der Waals surface area contributed by atoms with E-state index in [2.05, 4.69) is 15.5 Å². The van der Waals surface area contributed by atoms with Gasteiger partial charge < -0.3 is 14.9 Å². The van der Waals surface area contributed by atoms with Crippen molar-refractivity contribution in [3.8, 4) is 0 Å². The first-order chi connectivity index (χ1) is 9.17. The zero-order valence-electron chi connectivity index (χ0n) is 11.4. The van der Waals surface area contributed by atoms with Crippen molar-refractivity contribution in [2.75, 3.05) is 13.7 Å². The molecule has 0 aromatic carbocycles. The Kier molecular flexibility index (Phi) is 6.35. The van der Waals surface area contributed by atoms with Gasteiger partial charge in [0.15, 0.2) is 6.23 Å². The molecule has 0 amide bonds. The molecule has 1 rings (SSSR count). The van der Waals surface area contributed by atoms with Gasteiger partial charge in [0.2, 0.25) is 0 Å². The average Bonchev–Trinajstić information content (AvgIpc) is 2.35. The van der Waals surface area contributed by atoms with Crippen LogP contribution in [-0.4, -0.2) is 38.0 Å². The molecule has 19 heavy (non-hydrogen) atoms. The molecule has 1 heterocycles. The van der Waals surface area contributed by atoms with Gasteiger partial charge in [0.1, 0.15) is 0 Å². The van der Waals surface area contributed by atoms with Crippen LogP contribution < -0.4 is 5.43 Å². The summed E-state index contributed by atoms with van der Waals surface area (Å²) in [6, 6.07) is 0. The number of carbonyl (C=O) groups is 1. The number of nitrogens with zero attached hydrogens (tertiary/aromatic N) is 2. The van der Waals surface area contributed by atoms with E-state index in [4.69, 9.17) is 9.47 Å². The third kappa shape index (κ3) is 5.37. The van der Waals surface area contributed by atoms with Crippen LogP contribution in [0.3, 0.4) is 0 Å². The third-order valence-corrected chi connectivity index (χ3v) is 2.22. The number of esters is 1. The standard InChI is InChI=1S/C13H19N3O3/c1-4-18-13(17)12(16-14-3)19-11-7-5-6-10(2)8-9-15-11/h5-6,8-9,11,14H,4,7H2,1-3H3/b6-5+,10-8-,15-9?,16-12-. The molecular weight excluding hydrogens is 246 g/mol. The van der Waals surface area contributed by atoms with E-state index < -0.39 is 12.2 Å². The summed E-state index contributed by atoms with van der Waals surface area (Å²) in [5.74, 6) is -0.731. The van der Waals surface area contributed by atoms with Crippen molar-refractivity contribution in [3.63, 3.8) is 0 Å². The van der Waals surface area contributed by atoms with E-state index in [1.807, 2.05) is 25.2 Å². The number of aliphatic imine (C=N–C) groups is 1. The van der Waals surface area contributed by atoms with E-state index in [0.717, 1.165) is 5.57 Å². The maximum absolute atomic E-state index is 11.6. The topological polar surface area (TPSA) is 72.3 Å². The number of ether oxygens (including phenoxy) is 2. The highest BCUT2D eigenvalue weighted by atomic mass is 16.6. The lowest BCUT2D eigenvalue weighted by Gasteiger charge is -2.14. The van der Waals surface area contributed by atoms with Crippen molar-refractivity contribution in [2.45, 2.75) is 26.5 Å².